The van der Waals surface area contributed by atoms with Gasteiger partial charge in [-0.1, -0.05) is 12.8 Å². The van der Waals surface area contributed by atoms with Gasteiger partial charge in [0.1, 0.15) is 6.17 Å². The summed E-state index contributed by atoms with van der Waals surface area (Å²) in [6.45, 7) is -4.10. The summed E-state index contributed by atoms with van der Waals surface area (Å²) < 4.78 is 107. The van der Waals surface area contributed by atoms with Crippen molar-refractivity contribution < 1.29 is 44.3 Å². The van der Waals surface area contributed by atoms with Gasteiger partial charge in [-0.2, -0.15) is 26.3 Å². The Labute approximate surface area is 116 Å². The highest BCUT2D eigenvalue weighted by Gasteiger charge is 2.47. The third-order valence-corrected chi connectivity index (χ3v) is 5.24. The van der Waals surface area contributed by atoms with Crippen molar-refractivity contribution in [1.29, 1.82) is 0 Å². The van der Waals surface area contributed by atoms with Crippen LogP contribution in [0, 0.1) is 0 Å². The van der Waals surface area contributed by atoms with Crippen molar-refractivity contribution in [2.45, 2.75) is 49.9 Å². The molecule has 1 aliphatic carbocycles. The molecule has 21 heavy (non-hydrogen) atoms. The van der Waals surface area contributed by atoms with Crippen LogP contribution in [-0.2, 0) is 13.6 Å². The van der Waals surface area contributed by atoms with Crippen molar-refractivity contribution >= 4 is 7.60 Å². The molecule has 0 bridgehead atoms. The van der Waals surface area contributed by atoms with E-state index in [1.165, 1.54) is 0 Å². The molecule has 0 saturated heterocycles. The van der Waals surface area contributed by atoms with Crippen molar-refractivity contribution in [1.82, 2.24) is 0 Å². The van der Waals surface area contributed by atoms with Gasteiger partial charge in [0.05, 0.1) is 5.66 Å². The Balaban J connectivity index is 2.84. The number of halogens is 7. The molecule has 0 aromatic carbocycles. The average molecular weight is 346 g/mol. The van der Waals surface area contributed by atoms with E-state index >= 15 is 0 Å². The van der Waals surface area contributed by atoms with Gasteiger partial charge >= 0.3 is 19.9 Å². The molecule has 0 aliphatic heterocycles. The zero-order chi connectivity index (χ0) is 16.3. The van der Waals surface area contributed by atoms with Gasteiger partial charge in [-0.25, -0.2) is 4.39 Å². The molecule has 0 radical (unpaired) electrons. The van der Waals surface area contributed by atoms with Crippen LogP contribution < -0.4 is 0 Å². The Morgan fingerprint density at radius 2 is 1.33 bits per heavy atom. The van der Waals surface area contributed by atoms with Crippen molar-refractivity contribution in [2.75, 3.05) is 13.2 Å². The van der Waals surface area contributed by atoms with Crippen molar-refractivity contribution in [3.05, 3.63) is 0 Å². The lowest BCUT2D eigenvalue weighted by Crippen LogP contribution is -2.31. The van der Waals surface area contributed by atoms with Gasteiger partial charge in [-0.15, -0.1) is 0 Å². The lowest BCUT2D eigenvalue weighted by atomic mass is 9.98. The zero-order valence-corrected chi connectivity index (χ0v) is 11.6. The van der Waals surface area contributed by atoms with Crippen LogP contribution >= 0.6 is 7.60 Å². The number of rotatable bonds is 5. The minimum Gasteiger partial charge on any atom is -0.299 e. The fourth-order valence-corrected chi connectivity index (χ4v) is 4.13. The first-order valence-electron chi connectivity index (χ1n) is 6.09. The highest BCUT2D eigenvalue weighted by molar-refractivity contribution is 7.54. The standard InChI is InChI=1S/C10H14F7O3P/c11-7-3-1-2-4-8(7)21(18,19-5-9(12,13)14)20-6-10(15,16)17/h7-8H,1-6H2. The SMILES string of the molecule is O=P(OCC(F)(F)F)(OCC(F)(F)F)C1CCCCC1F. The third kappa shape index (κ3) is 6.52. The lowest BCUT2D eigenvalue weighted by Gasteiger charge is -2.32. The number of hydrogen-bond donors (Lipinski definition) is 0. The van der Waals surface area contributed by atoms with E-state index in [2.05, 4.69) is 9.05 Å². The summed E-state index contributed by atoms with van der Waals surface area (Å²) in [5, 5.41) is 0. The summed E-state index contributed by atoms with van der Waals surface area (Å²) in [6, 6.07) is 0. The monoisotopic (exact) mass is 346 g/mol. The van der Waals surface area contributed by atoms with E-state index in [0.29, 0.717) is 12.8 Å². The van der Waals surface area contributed by atoms with E-state index in [0.717, 1.165) is 0 Å². The molecule has 1 saturated carbocycles. The molecule has 0 heterocycles. The zero-order valence-electron chi connectivity index (χ0n) is 10.7. The third-order valence-electron chi connectivity index (χ3n) is 2.87. The first-order chi connectivity index (χ1) is 9.43. The summed E-state index contributed by atoms with van der Waals surface area (Å²) in [6.07, 6.45) is -11.1. The maximum Gasteiger partial charge on any atom is 0.412 e. The van der Waals surface area contributed by atoms with Gasteiger partial charge in [0.25, 0.3) is 0 Å². The second-order valence-corrected chi connectivity index (χ2v) is 6.94. The Hall–Kier alpha value is -0.340. The molecule has 2 atom stereocenters. The van der Waals surface area contributed by atoms with E-state index < -0.39 is 45.0 Å². The molecule has 0 N–H and O–H groups in total. The van der Waals surface area contributed by atoms with Gasteiger partial charge in [-0.05, 0) is 12.8 Å². The van der Waals surface area contributed by atoms with Crippen LogP contribution in [-0.4, -0.2) is 37.4 Å². The number of alkyl halides is 7. The average Bonchev–Trinajstić information content (AvgIpc) is 2.33. The Bertz CT molecular complexity index is 360. The van der Waals surface area contributed by atoms with Crippen LogP contribution in [0.25, 0.3) is 0 Å². The maximum atomic E-state index is 13.7. The molecule has 2 unspecified atom stereocenters. The summed E-state index contributed by atoms with van der Waals surface area (Å²) in [4.78, 5) is 0. The fourth-order valence-electron chi connectivity index (χ4n) is 1.98. The predicted octanol–water partition coefficient (Wildman–Crippen LogP) is 4.62. The van der Waals surface area contributed by atoms with Crippen molar-refractivity contribution in [3.8, 4) is 0 Å². The Kier molecular flexibility index (Phi) is 6.08. The van der Waals surface area contributed by atoms with Gasteiger partial charge < -0.3 is 0 Å². The second-order valence-electron chi connectivity index (χ2n) is 4.68. The minimum atomic E-state index is -4.91. The largest absolute Gasteiger partial charge is 0.412 e. The summed E-state index contributed by atoms with van der Waals surface area (Å²) in [7, 11) is -4.86. The quantitative estimate of drug-likeness (QED) is 0.538. The van der Waals surface area contributed by atoms with Crippen LogP contribution in [0.2, 0.25) is 0 Å². The topological polar surface area (TPSA) is 35.5 Å². The molecule has 1 rings (SSSR count). The van der Waals surface area contributed by atoms with Gasteiger partial charge in [0.15, 0.2) is 13.2 Å². The molecule has 3 nitrogen and oxygen atoms in total. The van der Waals surface area contributed by atoms with Gasteiger partial charge in [0, 0.05) is 0 Å². The van der Waals surface area contributed by atoms with Gasteiger partial charge in [-0.3, -0.25) is 13.6 Å². The van der Waals surface area contributed by atoms with E-state index in [-0.39, 0.29) is 12.8 Å². The normalized spacial score (nSPS) is 25.1. The van der Waals surface area contributed by atoms with E-state index in [9.17, 15) is 35.3 Å². The molecule has 0 aromatic heterocycles. The van der Waals surface area contributed by atoms with Gasteiger partial charge in [0.2, 0.25) is 0 Å². The first kappa shape index (κ1) is 18.7. The molecular weight excluding hydrogens is 332 g/mol. The molecule has 1 aliphatic rings. The molecular formula is C10H14F7O3P. The van der Waals surface area contributed by atoms with E-state index in [4.69, 9.17) is 0 Å². The van der Waals surface area contributed by atoms with Crippen LogP contribution in [0.5, 0.6) is 0 Å². The lowest BCUT2D eigenvalue weighted by molar-refractivity contribution is -0.166. The first-order valence-corrected chi connectivity index (χ1v) is 7.70. The molecule has 11 heteroatoms. The second kappa shape index (κ2) is 6.83. The van der Waals surface area contributed by atoms with E-state index in [1.54, 1.807) is 0 Å². The predicted molar refractivity (Wildman–Crippen MR) is 58.8 cm³/mol. The molecule has 126 valence electrons. The van der Waals surface area contributed by atoms with Crippen LogP contribution in [0.15, 0.2) is 0 Å². The van der Waals surface area contributed by atoms with Crippen LogP contribution in [0.4, 0.5) is 30.7 Å². The smallest absolute Gasteiger partial charge is 0.299 e. The van der Waals surface area contributed by atoms with Crippen molar-refractivity contribution in [2.24, 2.45) is 0 Å². The van der Waals surface area contributed by atoms with Crippen molar-refractivity contribution in [3.63, 3.8) is 0 Å². The molecule has 1 fully saturated rings. The van der Waals surface area contributed by atoms with Crippen LogP contribution in [0.3, 0.4) is 0 Å². The Morgan fingerprint density at radius 1 is 0.905 bits per heavy atom. The minimum absolute atomic E-state index is 0.0978. The molecule has 0 aromatic rings. The van der Waals surface area contributed by atoms with Crippen LogP contribution in [0.1, 0.15) is 25.7 Å². The maximum absolute atomic E-state index is 13.7. The highest BCUT2D eigenvalue weighted by Crippen LogP contribution is 2.59. The summed E-state index contributed by atoms with van der Waals surface area (Å²) in [5.74, 6) is 0. The summed E-state index contributed by atoms with van der Waals surface area (Å²) in [5.41, 5.74) is -1.60. The Morgan fingerprint density at radius 3 is 1.71 bits per heavy atom. The number of hydrogen-bond acceptors (Lipinski definition) is 3. The highest BCUT2D eigenvalue weighted by atomic mass is 31.2. The van der Waals surface area contributed by atoms with E-state index in [1.807, 2.05) is 0 Å². The fraction of sp³-hybridized carbons (Fsp3) is 1.00. The summed E-state index contributed by atoms with van der Waals surface area (Å²) >= 11 is 0. The molecule has 0 amide bonds. The molecule has 0 spiro atoms.